The number of aromatic nitrogens is 2. The molecule has 1 aromatic heterocycles. The number of nitrogens with one attached hydrogen (secondary N) is 1. The predicted octanol–water partition coefficient (Wildman–Crippen LogP) is 3.92. The summed E-state index contributed by atoms with van der Waals surface area (Å²) in [6.07, 6.45) is 5.12. The summed E-state index contributed by atoms with van der Waals surface area (Å²) in [5, 5.41) is 3.62. The van der Waals surface area contributed by atoms with Crippen LogP contribution in [0, 0.1) is 20.8 Å². The van der Waals surface area contributed by atoms with Gasteiger partial charge in [-0.1, -0.05) is 31.5 Å². The van der Waals surface area contributed by atoms with Gasteiger partial charge in [0.2, 0.25) is 0 Å². The third-order valence-electron chi connectivity index (χ3n) is 3.91. The first-order valence-corrected chi connectivity index (χ1v) is 7.90. The minimum Gasteiger partial charge on any atom is -0.333 e. The molecule has 0 bridgehead atoms. The molecule has 2 aromatic rings. The smallest absolute Gasteiger partial charge is 0.130 e. The molecule has 0 aliphatic rings. The Balaban J connectivity index is 2.51. The molecule has 3 heteroatoms. The van der Waals surface area contributed by atoms with Crippen LogP contribution in [-0.4, -0.2) is 16.1 Å². The van der Waals surface area contributed by atoms with Gasteiger partial charge in [0.15, 0.2) is 0 Å². The Bertz CT molecular complexity index is 575. The molecule has 1 unspecified atom stereocenters. The Morgan fingerprint density at radius 2 is 1.81 bits per heavy atom. The van der Waals surface area contributed by atoms with Crippen molar-refractivity contribution < 1.29 is 0 Å². The third kappa shape index (κ3) is 3.35. The topological polar surface area (TPSA) is 29.9 Å². The van der Waals surface area contributed by atoms with Crippen LogP contribution in [0.3, 0.4) is 0 Å². The molecule has 0 aliphatic heterocycles. The molecule has 21 heavy (non-hydrogen) atoms. The second-order valence-electron chi connectivity index (χ2n) is 5.78. The Kier molecular flexibility index (Phi) is 5.18. The Labute approximate surface area is 128 Å². The lowest BCUT2D eigenvalue weighted by Crippen LogP contribution is -2.27. The lowest BCUT2D eigenvalue weighted by Gasteiger charge is -2.23. The summed E-state index contributed by atoms with van der Waals surface area (Å²) < 4.78 is 2.27. The molecule has 1 N–H and O–H groups in total. The highest BCUT2D eigenvalue weighted by atomic mass is 15.1. The van der Waals surface area contributed by atoms with Crippen molar-refractivity contribution >= 4 is 0 Å². The van der Waals surface area contributed by atoms with E-state index < -0.39 is 0 Å². The van der Waals surface area contributed by atoms with Gasteiger partial charge < -0.3 is 9.88 Å². The molecule has 0 aliphatic carbocycles. The fourth-order valence-corrected chi connectivity index (χ4v) is 3.18. The summed E-state index contributed by atoms with van der Waals surface area (Å²) in [6, 6.07) is 4.69. The maximum absolute atomic E-state index is 4.64. The first kappa shape index (κ1) is 15.8. The summed E-state index contributed by atoms with van der Waals surface area (Å²) in [7, 11) is 0. The number of imidazole rings is 1. The largest absolute Gasteiger partial charge is 0.333 e. The van der Waals surface area contributed by atoms with Gasteiger partial charge in [-0.15, -0.1) is 0 Å². The van der Waals surface area contributed by atoms with Crippen molar-refractivity contribution in [2.24, 2.45) is 0 Å². The molecule has 0 radical (unpaired) electrons. The number of aryl methyl sites for hydroxylation is 4. The number of rotatable bonds is 6. The SMILES string of the molecule is CCCn1ccnc1C(NCC)c1c(C)cc(C)cc1C. The Morgan fingerprint density at radius 1 is 1.14 bits per heavy atom. The minimum atomic E-state index is 0.164. The van der Waals surface area contributed by atoms with Crippen molar-refractivity contribution in [1.29, 1.82) is 0 Å². The normalized spacial score (nSPS) is 12.6. The fraction of sp³-hybridized carbons (Fsp3) is 0.500. The predicted molar refractivity (Wildman–Crippen MR) is 88.7 cm³/mol. The van der Waals surface area contributed by atoms with Crippen LogP contribution in [0.4, 0.5) is 0 Å². The molecule has 1 heterocycles. The molecule has 0 amide bonds. The Hall–Kier alpha value is -1.61. The average molecular weight is 285 g/mol. The van der Waals surface area contributed by atoms with Crippen LogP contribution in [-0.2, 0) is 6.54 Å². The summed E-state index contributed by atoms with van der Waals surface area (Å²) in [5.74, 6) is 1.12. The van der Waals surface area contributed by atoms with Crippen molar-refractivity contribution in [3.8, 4) is 0 Å². The summed E-state index contributed by atoms with van der Waals surface area (Å²) >= 11 is 0. The molecule has 0 spiro atoms. The van der Waals surface area contributed by atoms with Crippen molar-refractivity contribution in [2.75, 3.05) is 6.54 Å². The average Bonchev–Trinajstić information content (AvgIpc) is 2.85. The first-order chi connectivity index (χ1) is 10.1. The van der Waals surface area contributed by atoms with Crippen LogP contribution in [0.25, 0.3) is 0 Å². The highest BCUT2D eigenvalue weighted by molar-refractivity contribution is 5.42. The fourth-order valence-electron chi connectivity index (χ4n) is 3.18. The van der Waals surface area contributed by atoms with Gasteiger partial charge in [-0.25, -0.2) is 4.98 Å². The number of hydrogen-bond acceptors (Lipinski definition) is 2. The second-order valence-corrected chi connectivity index (χ2v) is 5.78. The van der Waals surface area contributed by atoms with E-state index in [1.54, 1.807) is 0 Å². The van der Waals surface area contributed by atoms with Crippen molar-refractivity contribution in [1.82, 2.24) is 14.9 Å². The lowest BCUT2D eigenvalue weighted by atomic mass is 9.93. The summed E-state index contributed by atoms with van der Waals surface area (Å²) in [6.45, 7) is 12.9. The van der Waals surface area contributed by atoms with Crippen LogP contribution >= 0.6 is 0 Å². The quantitative estimate of drug-likeness (QED) is 0.872. The zero-order valence-corrected chi connectivity index (χ0v) is 13.9. The van der Waals surface area contributed by atoms with Crippen molar-refractivity contribution in [3.63, 3.8) is 0 Å². The minimum absolute atomic E-state index is 0.164. The highest BCUT2D eigenvalue weighted by Crippen LogP contribution is 2.28. The van der Waals surface area contributed by atoms with Crippen molar-refractivity contribution in [2.45, 2.75) is 53.6 Å². The molecule has 0 saturated heterocycles. The van der Waals surface area contributed by atoms with E-state index in [-0.39, 0.29) is 6.04 Å². The highest BCUT2D eigenvalue weighted by Gasteiger charge is 2.21. The van der Waals surface area contributed by atoms with Crippen LogP contribution in [0.15, 0.2) is 24.5 Å². The molecule has 1 aromatic carbocycles. The van der Waals surface area contributed by atoms with Gasteiger partial charge in [-0.3, -0.25) is 0 Å². The molecule has 0 saturated carbocycles. The van der Waals surface area contributed by atoms with Crippen LogP contribution < -0.4 is 5.32 Å². The summed E-state index contributed by atoms with van der Waals surface area (Å²) in [5.41, 5.74) is 5.36. The molecular formula is C18H27N3. The van der Waals surface area contributed by atoms with E-state index in [2.05, 4.69) is 67.8 Å². The van der Waals surface area contributed by atoms with Gasteiger partial charge in [0.05, 0.1) is 6.04 Å². The zero-order chi connectivity index (χ0) is 15.4. The van der Waals surface area contributed by atoms with Gasteiger partial charge in [-0.05, 0) is 50.4 Å². The number of benzene rings is 1. The number of hydrogen-bond donors (Lipinski definition) is 1. The Morgan fingerprint density at radius 3 is 2.38 bits per heavy atom. The van der Waals surface area contributed by atoms with Gasteiger partial charge in [-0.2, -0.15) is 0 Å². The molecule has 2 rings (SSSR count). The van der Waals surface area contributed by atoms with Gasteiger partial charge >= 0.3 is 0 Å². The van der Waals surface area contributed by atoms with E-state index in [1.807, 2.05) is 6.20 Å². The zero-order valence-electron chi connectivity index (χ0n) is 13.9. The van der Waals surface area contributed by atoms with Crippen LogP contribution in [0.1, 0.15) is 54.4 Å². The van der Waals surface area contributed by atoms with Gasteiger partial charge in [0.1, 0.15) is 5.82 Å². The van der Waals surface area contributed by atoms with Crippen LogP contribution in [0.2, 0.25) is 0 Å². The number of nitrogens with zero attached hydrogens (tertiary/aromatic N) is 2. The van der Waals surface area contributed by atoms with E-state index >= 15 is 0 Å². The van der Waals surface area contributed by atoms with E-state index in [9.17, 15) is 0 Å². The van der Waals surface area contributed by atoms with Crippen molar-refractivity contribution in [3.05, 3.63) is 52.6 Å². The molecule has 3 nitrogen and oxygen atoms in total. The molecule has 1 atom stereocenters. The van der Waals surface area contributed by atoms with E-state index in [0.717, 1.165) is 25.3 Å². The summed E-state index contributed by atoms with van der Waals surface area (Å²) in [4.78, 5) is 4.64. The lowest BCUT2D eigenvalue weighted by molar-refractivity contribution is 0.541. The molecule has 114 valence electrons. The van der Waals surface area contributed by atoms with Gasteiger partial charge in [0, 0.05) is 18.9 Å². The molecule has 0 fully saturated rings. The maximum Gasteiger partial charge on any atom is 0.130 e. The van der Waals surface area contributed by atoms with E-state index in [1.165, 1.54) is 22.3 Å². The molecular weight excluding hydrogens is 258 g/mol. The van der Waals surface area contributed by atoms with E-state index in [0.29, 0.717) is 0 Å². The van der Waals surface area contributed by atoms with Gasteiger partial charge in [0.25, 0.3) is 0 Å². The third-order valence-corrected chi connectivity index (χ3v) is 3.91. The second kappa shape index (κ2) is 6.90. The monoisotopic (exact) mass is 285 g/mol. The maximum atomic E-state index is 4.64. The first-order valence-electron chi connectivity index (χ1n) is 7.90. The van der Waals surface area contributed by atoms with Crippen LogP contribution in [0.5, 0.6) is 0 Å². The standard InChI is InChI=1S/C18H27N3/c1-6-9-21-10-8-20-18(21)17(19-7-2)16-14(4)11-13(3)12-15(16)5/h8,10-12,17,19H,6-7,9H2,1-5H3. The van der Waals surface area contributed by atoms with E-state index in [4.69, 9.17) is 0 Å².